The Kier molecular flexibility index (Phi) is 3.26. The maximum absolute atomic E-state index is 5.93. The zero-order chi connectivity index (χ0) is 10.7. The van der Waals surface area contributed by atoms with Crippen LogP contribution < -0.4 is 11.1 Å². The van der Waals surface area contributed by atoms with Gasteiger partial charge in [-0.15, -0.1) is 11.3 Å². The van der Waals surface area contributed by atoms with E-state index in [0.717, 1.165) is 11.0 Å². The van der Waals surface area contributed by atoms with Gasteiger partial charge in [0, 0.05) is 18.1 Å². The van der Waals surface area contributed by atoms with Crippen LogP contribution in [0.5, 0.6) is 0 Å². The Balaban J connectivity index is 2.07. The highest BCUT2D eigenvalue weighted by atomic mass is 32.1. The zero-order valence-electron chi connectivity index (χ0n) is 9.20. The number of thiazole rings is 1. The number of nitrogens with two attached hydrogens (primary N) is 1. The van der Waals surface area contributed by atoms with Crippen LogP contribution in [0.2, 0.25) is 0 Å². The molecule has 0 amide bonds. The maximum Gasteiger partial charge on any atom is 0.183 e. The quantitative estimate of drug-likeness (QED) is 0.831. The molecule has 1 aromatic rings. The Hall–Kier alpha value is -0.610. The lowest BCUT2D eigenvalue weighted by Gasteiger charge is -2.39. The van der Waals surface area contributed by atoms with Gasteiger partial charge in [0.1, 0.15) is 0 Å². The van der Waals surface area contributed by atoms with Gasteiger partial charge in [-0.3, -0.25) is 0 Å². The molecule has 1 heterocycles. The third-order valence-corrected chi connectivity index (χ3v) is 3.98. The number of rotatable bonds is 3. The van der Waals surface area contributed by atoms with Gasteiger partial charge in [-0.2, -0.15) is 0 Å². The van der Waals surface area contributed by atoms with Crippen LogP contribution in [0.25, 0.3) is 0 Å². The number of nitrogens with zero attached hydrogens (tertiary/aromatic N) is 1. The van der Waals surface area contributed by atoms with Crippen LogP contribution >= 0.6 is 11.3 Å². The van der Waals surface area contributed by atoms with Crippen LogP contribution in [-0.4, -0.2) is 17.1 Å². The summed E-state index contributed by atoms with van der Waals surface area (Å²) in [6, 6.07) is 0. The van der Waals surface area contributed by atoms with Crippen molar-refractivity contribution in [2.75, 3.05) is 11.9 Å². The maximum atomic E-state index is 5.93. The monoisotopic (exact) mass is 225 g/mol. The molecule has 1 aromatic heterocycles. The van der Waals surface area contributed by atoms with Crippen LogP contribution in [0.1, 0.15) is 32.6 Å². The first-order valence-electron chi connectivity index (χ1n) is 5.62. The Bertz CT molecular complexity index is 299. The summed E-state index contributed by atoms with van der Waals surface area (Å²) in [6.07, 6.45) is 6.79. The lowest BCUT2D eigenvalue weighted by molar-refractivity contribution is 0.264. The van der Waals surface area contributed by atoms with E-state index in [9.17, 15) is 0 Å². The van der Waals surface area contributed by atoms with Crippen molar-refractivity contribution >= 4 is 16.5 Å². The Morgan fingerprint density at radius 2 is 2.60 bits per heavy atom. The Morgan fingerprint density at radius 1 is 1.73 bits per heavy atom. The minimum atomic E-state index is 0.0928. The number of nitrogens with one attached hydrogen (secondary N) is 1. The summed E-state index contributed by atoms with van der Waals surface area (Å²) >= 11 is 1.65. The van der Waals surface area contributed by atoms with Gasteiger partial charge >= 0.3 is 0 Å². The van der Waals surface area contributed by atoms with Crippen molar-refractivity contribution in [3.05, 3.63) is 11.6 Å². The van der Waals surface area contributed by atoms with E-state index in [4.69, 9.17) is 5.73 Å². The highest BCUT2D eigenvalue weighted by molar-refractivity contribution is 7.13. The predicted molar refractivity (Wildman–Crippen MR) is 65.2 cm³/mol. The second kappa shape index (κ2) is 4.49. The van der Waals surface area contributed by atoms with Gasteiger partial charge in [0.05, 0.1) is 5.54 Å². The van der Waals surface area contributed by atoms with Crippen molar-refractivity contribution in [1.29, 1.82) is 0 Å². The Morgan fingerprint density at radius 3 is 3.20 bits per heavy atom. The number of hydrogen-bond donors (Lipinski definition) is 2. The summed E-state index contributed by atoms with van der Waals surface area (Å²) in [5.74, 6) is 0.773. The summed E-state index contributed by atoms with van der Waals surface area (Å²) in [5.41, 5.74) is 6.02. The fourth-order valence-electron chi connectivity index (χ4n) is 2.52. The van der Waals surface area contributed by atoms with E-state index in [1.165, 1.54) is 25.7 Å². The third-order valence-electron chi connectivity index (χ3n) is 3.29. The lowest BCUT2D eigenvalue weighted by Crippen LogP contribution is -2.48. The summed E-state index contributed by atoms with van der Waals surface area (Å²) in [5, 5.41) is 6.54. The number of hydrogen-bond acceptors (Lipinski definition) is 4. The molecule has 0 spiro atoms. The van der Waals surface area contributed by atoms with Gasteiger partial charge in [0.2, 0.25) is 0 Å². The molecule has 1 fully saturated rings. The van der Waals surface area contributed by atoms with Crippen molar-refractivity contribution in [2.24, 2.45) is 11.7 Å². The van der Waals surface area contributed by atoms with Gasteiger partial charge in [0.15, 0.2) is 5.13 Å². The van der Waals surface area contributed by atoms with Crippen LogP contribution in [0, 0.1) is 5.92 Å². The molecule has 84 valence electrons. The number of anilines is 1. The smallest absolute Gasteiger partial charge is 0.183 e. The first-order valence-corrected chi connectivity index (χ1v) is 6.50. The van der Waals surface area contributed by atoms with Gasteiger partial charge < -0.3 is 11.1 Å². The van der Waals surface area contributed by atoms with Crippen LogP contribution in [-0.2, 0) is 0 Å². The molecule has 2 atom stereocenters. The standard InChI is InChI=1S/C11H19N3S/c1-9-3-2-4-11(7-9,8-12)14-10-13-5-6-15-10/h5-6,9H,2-4,7-8,12H2,1H3,(H,13,14). The van der Waals surface area contributed by atoms with Crippen LogP contribution in [0.3, 0.4) is 0 Å². The van der Waals surface area contributed by atoms with E-state index in [1.807, 2.05) is 11.6 Å². The largest absolute Gasteiger partial charge is 0.355 e. The molecular formula is C11H19N3S. The molecule has 2 unspecified atom stereocenters. The third kappa shape index (κ3) is 2.49. The van der Waals surface area contributed by atoms with Gasteiger partial charge in [-0.05, 0) is 18.8 Å². The van der Waals surface area contributed by atoms with E-state index in [0.29, 0.717) is 6.54 Å². The summed E-state index contributed by atoms with van der Waals surface area (Å²) in [6.45, 7) is 3.02. The first-order chi connectivity index (χ1) is 7.24. The molecule has 0 bridgehead atoms. The minimum Gasteiger partial charge on any atom is -0.355 e. The van der Waals surface area contributed by atoms with Crippen molar-refractivity contribution in [2.45, 2.75) is 38.1 Å². The second-order valence-corrected chi connectivity index (χ2v) is 5.54. The van der Waals surface area contributed by atoms with E-state index < -0.39 is 0 Å². The molecule has 1 saturated carbocycles. The topological polar surface area (TPSA) is 50.9 Å². The van der Waals surface area contributed by atoms with Crippen LogP contribution in [0.15, 0.2) is 11.6 Å². The van der Waals surface area contributed by atoms with Gasteiger partial charge in [-0.25, -0.2) is 4.98 Å². The molecule has 0 aliphatic heterocycles. The summed E-state index contributed by atoms with van der Waals surface area (Å²) in [7, 11) is 0. The summed E-state index contributed by atoms with van der Waals surface area (Å²) in [4.78, 5) is 4.28. The highest BCUT2D eigenvalue weighted by Gasteiger charge is 2.33. The SMILES string of the molecule is CC1CCCC(CN)(Nc2nccs2)C1. The van der Waals surface area contributed by atoms with Gasteiger partial charge in [0.25, 0.3) is 0 Å². The van der Waals surface area contributed by atoms with E-state index in [-0.39, 0.29) is 5.54 Å². The van der Waals surface area contributed by atoms with Crippen molar-refractivity contribution in [3.63, 3.8) is 0 Å². The number of aromatic nitrogens is 1. The Labute approximate surface area is 95.1 Å². The predicted octanol–water partition coefficient (Wildman–Crippen LogP) is 2.46. The molecule has 3 N–H and O–H groups in total. The molecule has 0 aromatic carbocycles. The van der Waals surface area contributed by atoms with Crippen molar-refractivity contribution in [3.8, 4) is 0 Å². The van der Waals surface area contributed by atoms with Gasteiger partial charge in [-0.1, -0.05) is 19.8 Å². The second-order valence-electron chi connectivity index (χ2n) is 4.65. The highest BCUT2D eigenvalue weighted by Crippen LogP contribution is 2.34. The molecule has 15 heavy (non-hydrogen) atoms. The first kappa shape index (κ1) is 10.9. The zero-order valence-corrected chi connectivity index (χ0v) is 10.0. The average Bonchev–Trinajstić information content (AvgIpc) is 2.70. The van der Waals surface area contributed by atoms with Crippen molar-refractivity contribution in [1.82, 2.24) is 4.98 Å². The molecule has 1 aliphatic rings. The van der Waals surface area contributed by atoms with E-state index in [1.54, 1.807) is 11.3 Å². The van der Waals surface area contributed by atoms with E-state index >= 15 is 0 Å². The molecule has 1 aliphatic carbocycles. The molecule has 3 nitrogen and oxygen atoms in total. The van der Waals surface area contributed by atoms with Crippen molar-refractivity contribution < 1.29 is 0 Å². The minimum absolute atomic E-state index is 0.0928. The lowest BCUT2D eigenvalue weighted by atomic mass is 9.76. The fraction of sp³-hybridized carbons (Fsp3) is 0.727. The molecule has 2 rings (SSSR count). The van der Waals surface area contributed by atoms with E-state index in [2.05, 4.69) is 17.2 Å². The molecule has 0 saturated heterocycles. The molecule has 0 radical (unpaired) electrons. The summed E-state index contributed by atoms with van der Waals surface area (Å²) < 4.78 is 0. The molecular weight excluding hydrogens is 206 g/mol. The fourth-order valence-corrected chi connectivity index (χ4v) is 3.17. The normalized spacial score (nSPS) is 31.5. The van der Waals surface area contributed by atoms with Crippen LogP contribution in [0.4, 0.5) is 5.13 Å². The average molecular weight is 225 g/mol. The molecule has 4 heteroatoms.